The summed E-state index contributed by atoms with van der Waals surface area (Å²) in [5.74, 6) is 3.71. The van der Waals surface area contributed by atoms with Crippen LogP contribution >= 0.6 is 0 Å². The predicted molar refractivity (Wildman–Crippen MR) is 78.9 cm³/mol. The van der Waals surface area contributed by atoms with Gasteiger partial charge in [0.1, 0.15) is 0 Å². The Bertz CT molecular complexity index is 530. The second-order valence-corrected chi connectivity index (χ2v) is 6.24. The first-order valence-electron chi connectivity index (χ1n) is 7.83. The lowest BCUT2D eigenvalue weighted by Crippen LogP contribution is -2.18. The minimum absolute atomic E-state index is 0.144. The molecule has 5 heteroatoms. The smallest absolute Gasteiger partial charge is 0.343 e. The number of unbranched alkanes of at least 4 members (excludes halogenated alkanes) is 2. The monoisotopic (exact) mass is 276 g/mol. The lowest BCUT2D eigenvalue weighted by atomic mass is 9.96. The van der Waals surface area contributed by atoms with Gasteiger partial charge in [0.2, 0.25) is 0 Å². The van der Waals surface area contributed by atoms with Crippen LogP contribution in [0, 0.1) is 17.8 Å². The minimum atomic E-state index is -0.144. The normalized spacial score (nSPS) is 28.1. The zero-order valence-corrected chi connectivity index (χ0v) is 11.9. The van der Waals surface area contributed by atoms with Crippen LogP contribution in [0.25, 0.3) is 6.08 Å². The van der Waals surface area contributed by atoms with Crippen molar-refractivity contribution >= 4 is 6.08 Å². The molecule has 2 saturated carbocycles. The molecule has 0 saturated heterocycles. The number of nitrogens with one attached hydrogen (secondary N) is 1. The SMILES string of the molecule is NC=Cc1nn(CCCCC[C@H]2CCC3CC32)c(=O)[nH]1. The van der Waals surface area contributed by atoms with Crippen LogP contribution in [0.1, 0.15) is 50.8 Å². The van der Waals surface area contributed by atoms with Crippen LogP contribution in [-0.2, 0) is 6.54 Å². The maximum atomic E-state index is 11.6. The summed E-state index contributed by atoms with van der Waals surface area (Å²) >= 11 is 0. The van der Waals surface area contributed by atoms with Gasteiger partial charge in [-0.3, -0.25) is 4.98 Å². The number of nitrogens with zero attached hydrogens (tertiary/aromatic N) is 2. The molecule has 2 fully saturated rings. The predicted octanol–water partition coefficient (Wildman–Crippen LogP) is 2.11. The third-order valence-corrected chi connectivity index (χ3v) is 4.89. The molecule has 0 radical (unpaired) electrons. The summed E-state index contributed by atoms with van der Waals surface area (Å²) in [6.45, 7) is 0.699. The molecular weight excluding hydrogens is 252 g/mol. The van der Waals surface area contributed by atoms with Gasteiger partial charge in [-0.05, 0) is 55.7 Å². The van der Waals surface area contributed by atoms with E-state index in [-0.39, 0.29) is 5.69 Å². The van der Waals surface area contributed by atoms with Crippen LogP contribution < -0.4 is 11.4 Å². The van der Waals surface area contributed by atoms with Gasteiger partial charge < -0.3 is 5.73 Å². The molecule has 1 aromatic rings. The number of hydrogen-bond donors (Lipinski definition) is 2. The van der Waals surface area contributed by atoms with Crippen molar-refractivity contribution in [2.75, 3.05) is 0 Å². The molecule has 3 rings (SSSR count). The van der Waals surface area contributed by atoms with Gasteiger partial charge in [-0.15, -0.1) is 0 Å². The summed E-state index contributed by atoms with van der Waals surface area (Å²) in [6.07, 6.45) is 12.3. The molecule has 3 N–H and O–H groups in total. The van der Waals surface area contributed by atoms with E-state index in [1.807, 2.05) is 0 Å². The van der Waals surface area contributed by atoms with Crippen LogP contribution in [0.15, 0.2) is 11.0 Å². The molecule has 2 aliphatic rings. The van der Waals surface area contributed by atoms with Crippen molar-refractivity contribution in [3.05, 3.63) is 22.5 Å². The number of H-pyrrole nitrogens is 1. The molecule has 2 aliphatic carbocycles. The van der Waals surface area contributed by atoms with Crippen LogP contribution in [-0.4, -0.2) is 14.8 Å². The number of fused-ring (bicyclic) bond motifs is 1. The van der Waals surface area contributed by atoms with Gasteiger partial charge in [0.05, 0.1) is 0 Å². The lowest BCUT2D eigenvalue weighted by Gasteiger charge is -2.10. The molecule has 0 amide bonds. The van der Waals surface area contributed by atoms with Gasteiger partial charge in [-0.1, -0.05) is 19.3 Å². The van der Waals surface area contributed by atoms with E-state index in [2.05, 4.69) is 10.1 Å². The molecule has 110 valence electrons. The second kappa shape index (κ2) is 5.85. The van der Waals surface area contributed by atoms with Crippen LogP contribution in [0.3, 0.4) is 0 Å². The fourth-order valence-electron chi connectivity index (χ4n) is 3.72. The summed E-state index contributed by atoms with van der Waals surface area (Å²) in [5, 5.41) is 4.18. The summed E-state index contributed by atoms with van der Waals surface area (Å²) in [4.78, 5) is 14.3. The van der Waals surface area contributed by atoms with Gasteiger partial charge in [-0.25, -0.2) is 9.48 Å². The third kappa shape index (κ3) is 2.97. The first kappa shape index (κ1) is 13.5. The molecule has 3 atom stereocenters. The number of rotatable bonds is 7. The Balaban J connectivity index is 1.36. The van der Waals surface area contributed by atoms with E-state index in [0.29, 0.717) is 12.4 Å². The molecule has 1 heterocycles. The molecule has 0 spiro atoms. The molecule has 0 bridgehead atoms. The minimum Gasteiger partial charge on any atom is -0.404 e. The highest BCUT2D eigenvalue weighted by Gasteiger charge is 2.47. The van der Waals surface area contributed by atoms with Gasteiger partial charge in [0, 0.05) is 6.54 Å². The molecule has 2 unspecified atom stereocenters. The quantitative estimate of drug-likeness (QED) is 0.749. The summed E-state index contributed by atoms with van der Waals surface area (Å²) in [7, 11) is 0. The highest BCUT2D eigenvalue weighted by Crippen LogP contribution is 2.56. The standard InChI is InChI=1S/C15H24N4O/c16-8-7-14-17-15(20)19(18-14)9-3-1-2-4-11-5-6-12-10-13(11)12/h7-8,11-13H,1-6,9-10,16H2,(H,17,18,20)/t11-,12?,13?/m0/s1. The molecular formula is C15H24N4O. The van der Waals surface area contributed by atoms with Crippen molar-refractivity contribution in [2.24, 2.45) is 23.5 Å². The Morgan fingerprint density at radius 3 is 2.95 bits per heavy atom. The maximum Gasteiger partial charge on any atom is 0.343 e. The van der Waals surface area contributed by atoms with E-state index in [4.69, 9.17) is 5.73 Å². The third-order valence-electron chi connectivity index (χ3n) is 4.89. The summed E-state index contributed by atoms with van der Waals surface area (Å²) < 4.78 is 1.50. The first-order chi connectivity index (χ1) is 9.78. The molecule has 5 nitrogen and oxygen atoms in total. The molecule has 0 aromatic carbocycles. The maximum absolute atomic E-state index is 11.6. The van der Waals surface area contributed by atoms with Gasteiger partial charge in [-0.2, -0.15) is 5.10 Å². The lowest BCUT2D eigenvalue weighted by molar-refractivity contribution is 0.412. The van der Waals surface area contributed by atoms with E-state index in [9.17, 15) is 4.79 Å². The van der Waals surface area contributed by atoms with Gasteiger partial charge in [0.25, 0.3) is 0 Å². The zero-order chi connectivity index (χ0) is 13.9. The second-order valence-electron chi connectivity index (χ2n) is 6.24. The van der Waals surface area contributed by atoms with Gasteiger partial charge >= 0.3 is 5.69 Å². The fraction of sp³-hybridized carbons (Fsp3) is 0.733. The van der Waals surface area contributed by atoms with Gasteiger partial charge in [0.15, 0.2) is 5.82 Å². The highest BCUT2D eigenvalue weighted by molar-refractivity contribution is 5.37. The van der Waals surface area contributed by atoms with Crippen LogP contribution in [0.5, 0.6) is 0 Å². The zero-order valence-electron chi connectivity index (χ0n) is 11.9. The number of aromatic amines is 1. The number of nitrogens with two attached hydrogens (primary N) is 1. The molecule has 20 heavy (non-hydrogen) atoms. The van der Waals surface area contributed by atoms with E-state index in [0.717, 1.165) is 24.2 Å². The number of aryl methyl sites for hydroxylation is 1. The Hall–Kier alpha value is -1.52. The Morgan fingerprint density at radius 2 is 2.25 bits per heavy atom. The van der Waals surface area contributed by atoms with E-state index >= 15 is 0 Å². The topological polar surface area (TPSA) is 76.7 Å². The van der Waals surface area contributed by atoms with Crippen LogP contribution in [0.2, 0.25) is 0 Å². The average molecular weight is 276 g/mol. The fourth-order valence-corrected chi connectivity index (χ4v) is 3.72. The van der Waals surface area contributed by atoms with E-state index < -0.39 is 0 Å². The summed E-state index contributed by atoms with van der Waals surface area (Å²) in [6, 6.07) is 0. The summed E-state index contributed by atoms with van der Waals surface area (Å²) in [5.41, 5.74) is 5.14. The van der Waals surface area contributed by atoms with Crippen molar-refractivity contribution in [1.29, 1.82) is 0 Å². The van der Waals surface area contributed by atoms with Crippen molar-refractivity contribution < 1.29 is 0 Å². The number of aromatic nitrogens is 3. The van der Waals surface area contributed by atoms with E-state index in [1.54, 1.807) is 6.08 Å². The molecule has 1 aromatic heterocycles. The van der Waals surface area contributed by atoms with Crippen molar-refractivity contribution in [3.8, 4) is 0 Å². The highest BCUT2D eigenvalue weighted by atomic mass is 16.1. The Kier molecular flexibility index (Phi) is 3.94. The van der Waals surface area contributed by atoms with E-state index in [1.165, 1.54) is 49.4 Å². The largest absolute Gasteiger partial charge is 0.404 e. The average Bonchev–Trinajstić information content (AvgIpc) is 2.98. The van der Waals surface area contributed by atoms with Crippen molar-refractivity contribution in [3.63, 3.8) is 0 Å². The first-order valence-corrected chi connectivity index (χ1v) is 7.83. The van der Waals surface area contributed by atoms with Crippen molar-refractivity contribution in [1.82, 2.24) is 14.8 Å². The van der Waals surface area contributed by atoms with Crippen LogP contribution in [0.4, 0.5) is 0 Å². The number of hydrogen-bond acceptors (Lipinski definition) is 3. The van der Waals surface area contributed by atoms with Crippen molar-refractivity contribution in [2.45, 2.75) is 51.5 Å². The molecule has 0 aliphatic heterocycles. The Morgan fingerprint density at radius 1 is 1.35 bits per heavy atom. The Labute approximate surface area is 119 Å².